The molecule has 0 saturated heterocycles. The van der Waals surface area contributed by atoms with E-state index in [1.165, 1.54) is 0 Å². The maximum absolute atomic E-state index is 5.29. The Morgan fingerprint density at radius 3 is 2.59 bits per heavy atom. The van der Waals surface area contributed by atoms with Crippen LogP contribution < -0.4 is 10.6 Å². The number of rotatable bonds is 9. The lowest BCUT2D eigenvalue weighted by Crippen LogP contribution is -2.42. The summed E-state index contributed by atoms with van der Waals surface area (Å²) in [5.74, 6) is 0.929. The second-order valence-corrected chi connectivity index (χ2v) is 4.12. The summed E-state index contributed by atoms with van der Waals surface area (Å²) in [6.07, 6.45) is 3.27. The lowest BCUT2D eigenvalue weighted by atomic mass is 10.3. The van der Waals surface area contributed by atoms with Crippen molar-refractivity contribution in [2.75, 3.05) is 26.3 Å². The molecule has 0 aliphatic rings. The Labute approximate surface area is 106 Å². The van der Waals surface area contributed by atoms with Gasteiger partial charge in [0, 0.05) is 32.3 Å². The van der Waals surface area contributed by atoms with E-state index in [1.54, 1.807) is 0 Å². The van der Waals surface area contributed by atoms with Crippen molar-refractivity contribution in [2.45, 2.75) is 53.0 Å². The highest BCUT2D eigenvalue weighted by Gasteiger charge is 2.01. The van der Waals surface area contributed by atoms with Crippen molar-refractivity contribution in [1.82, 2.24) is 10.6 Å². The number of hydrogen-bond donors (Lipinski definition) is 2. The van der Waals surface area contributed by atoms with Gasteiger partial charge in [-0.3, -0.25) is 4.99 Å². The summed E-state index contributed by atoms with van der Waals surface area (Å²) in [4.78, 5) is 4.54. The van der Waals surface area contributed by atoms with Gasteiger partial charge in [-0.05, 0) is 40.0 Å². The Hall–Kier alpha value is -0.770. The van der Waals surface area contributed by atoms with Crippen LogP contribution in [0.5, 0.6) is 0 Å². The van der Waals surface area contributed by atoms with Crippen molar-refractivity contribution in [3.8, 4) is 0 Å². The van der Waals surface area contributed by atoms with Crippen LogP contribution in [-0.4, -0.2) is 38.3 Å². The van der Waals surface area contributed by atoms with Crippen molar-refractivity contribution in [3.05, 3.63) is 0 Å². The maximum atomic E-state index is 5.29. The number of hydrogen-bond acceptors (Lipinski definition) is 2. The molecule has 0 aromatic heterocycles. The van der Waals surface area contributed by atoms with E-state index in [2.05, 4.69) is 36.4 Å². The third-order valence-electron chi connectivity index (χ3n) is 2.51. The summed E-state index contributed by atoms with van der Waals surface area (Å²) in [6.45, 7) is 11.9. The lowest BCUT2D eigenvalue weighted by molar-refractivity contribution is 0.144. The third kappa shape index (κ3) is 10.1. The van der Waals surface area contributed by atoms with E-state index in [4.69, 9.17) is 4.74 Å². The number of aliphatic imine (C=N–C) groups is 1. The standard InChI is InChI=1S/C13H29N3O/c1-5-12(4)16-13(14-6-2)15-10-8-9-11-17-7-3/h12H,5-11H2,1-4H3,(H2,14,15,16). The summed E-state index contributed by atoms with van der Waals surface area (Å²) in [5.41, 5.74) is 0. The Morgan fingerprint density at radius 1 is 1.24 bits per heavy atom. The van der Waals surface area contributed by atoms with Gasteiger partial charge in [-0.25, -0.2) is 0 Å². The van der Waals surface area contributed by atoms with Crippen molar-refractivity contribution in [2.24, 2.45) is 4.99 Å². The van der Waals surface area contributed by atoms with Gasteiger partial charge in [-0.15, -0.1) is 0 Å². The molecule has 0 saturated carbocycles. The van der Waals surface area contributed by atoms with Gasteiger partial charge >= 0.3 is 0 Å². The summed E-state index contributed by atoms with van der Waals surface area (Å²) < 4.78 is 5.29. The van der Waals surface area contributed by atoms with Crippen LogP contribution in [0.3, 0.4) is 0 Å². The maximum Gasteiger partial charge on any atom is 0.191 e. The minimum absolute atomic E-state index is 0.469. The normalized spacial score (nSPS) is 13.5. The Kier molecular flexibility index (Phi) is 11.2. The highest BCUT2D eigenvalue weighted by Crippen LogP contribution is 1.92. The number of nitrogens with one attached hydrogen (secondary N) is 2. The molecule has 0 aliphatic heterocycles. The molecule has 2 N–H and O–H groups in total. The second kappa shape index (κ2) is 11.7. The second-order valence-electron chi connectivity index (χ2n) is 4.12. The molecule has 0 rings (SSSR count). The molecule has 17 heavy (non-hydrogen) atoms. The fourth-order valence-electron chi connectivity index (χ4n) is 1.31. The first-order valence-corrected chi connectivity index (χ1v) is 6.87. The molecule has 1 unspecified atom stereocenters. The van der Waals surface area contributed by atoms with Crippen LogP contribution in [0.1, 0.15) is 47.0 Å². The topological polar surface area (TPSA) is 45.7 Å². The zero-order valence-corrected chi connectivity index (χ0v) is 11.9. The van der Waals surface area contributed by atoms with Crippen LogP contribution in [-0.2, 0) is 4.74 Å². The smallest absolute Gasteiger partial charge is 0.191 e. The fraction of sp³-hybridized carbons (Fsp3) is 0.923. The van der Waals surface area contributed by atoms with Gasteiger partial charge < -0.3 is 15.4 Å². The van der Waals surface area contributed by atoms with Crippen LogP contribution in [0, 0.1) is 0 Å². The molecule has 0 radical (unpaired) electrons. The molecule has 1 atom stereocenters. The van der Waals surface area contributed by atoms with Gasteiger partial charge in [0.25, 0.3) is 0 Å². The zero-order chi connectivity index (χ0) is 12.9. The van der Waals surface area contributed by atoms with Crippen molar-refractivity contribution >= 4 is 5.96 Å². The van der Waals surface area contributed by atoms with E-state index in [9.17, 15) is 0 Å². The van der Waals surface area contributed by atoms with E-state index in [0.717, 1.165) is 51.5 Å². The third-order valence-corrected chi connectivity index (χ3v) is 2.51. The van der Waals surface area contributed by atoms with E-state index < -0.39 is 0 Å². The molecule has 102 valence electrons. The highest BCUT2D eigenvalue weighted by atomic mass is 16.5. The highest BCUT2D eigenvalue weighted by molar-refractivity contribution is 5.79. The molecule has 0 aromatic rings. The van der Waals surface area contributed by atoms with Crippen LogP contribution in [0.2, 0.25) is 0 Å². The lowest BCUT2D eigenvalue weighted by Gasteiger charge is -2.16. The van der Waals surface area contributed by atoms with Gasteiger partial charge in [0.15, 0.2) is 5.96 Å². The molecule has 4 heteroatoms. The van der Waals surface area contributed by atoms with Crippen LogP contribution >= 0.6 is 0 Å². The summed E-state index contributed by atoms with van der Waals surface area (Å²) in [7, 11) is 0. The predicted octanol–water partition coefficient (Wildman–Crippen LogP) is 2.16. The molecular weight excluding hydrogens is 214 g/mol. The monoisotopic (exact) mass is 243 g/mol. The Morgan fingerprint density at radius 2 is 2.00 bits per heavy atom. The minimum Gasteiger partial charge on any atom is -0.382 e. The van der Waals surface area contributed by atoms with E-state index in [0.29, 0.717) is 6.04 Å². The number of guanidine groups is 1. The average Bonchev–Trinajstić information content (AvgIpc) is 2.33. The summed E-state index contributed by atoms with van der Waals surface area (Å²) >= 11 is 0. The van der Waals surface area contributed by atoms with Gasteiger partial charge in [-0.1, -0.05) is 6.92 Å². The molecule has 0 spiro atoms. The molecule has 0 amide bonds. The minimum atomic E-state index is 0.469. The SMILES string of the molecule is CCNC(=NCCCCOCC)NC(C)CC. The van der Waals surface area contributed by atoms with Gasteiger partial charge in [0.05, 0.1) is 0 Å². The number of unbranched alkanes of at least 4 members (excludes halogenated alkanes) is 1. The molecule has 4 nitrogen and oxygen atoms in total. The van der Waals surface area contributed by atoms with Gasteiger partial charge in [0.2, 0.25) is 0 Å². The van der Waals surface area contributed by atoms with Crippen molar-refractivity contribution in [1.29, 1.82) is 0 Å². The van der Waals surface area contributed by atoms with E-state index in [-0.39, 0.29) is 0 Å². The fourth-order valence-corrected chi connectivity index (χ4v) is 1.31. The molecule has 0 fully saturated rings. The summed E-state index contributed by atoms with van der Waals surface area (Å²) in [5, 5.41) is 6.63. The largest absolute Gasteiger partial charge is 0.382 e. The van der Waals surface area contributed by atoms with Gasteiger partial charge in [-0.2, -0.15) is 0 Å². The van der Waals surface area contributed by atoms with Gasteiger partial charge in [0.1, 0.15) is 0 Å². The quantitative estimate of drug-likeness (QED) is 0.370. The van der Waals surface area contributed by atoms with E-state index in [1.807, 2.05) is 6.92 Å². The molecule has 0 bridgehead atoms. The predicted molar refractivity (Wildman–Crippen MR) is 74.6 cm³/mol. The number of nitrogens with zero attached hydrogens (tertiary/aromatic N) is 1. The Balaban J connectivity index is 3.78. The first kappa shape index (κ1) is 16.2. The van der Waals surface area contributed by atoms with Crippen LogP contribution in [0.4, 0.5) is 0 Å². The first-order chi connectivity index (χ1) is 8.24. The number of ether oxygens (including phenoxy) is 1. The van der Waals surface area contributed by atoms with Crippen LogP contribution in [0.15, 0.2) is 4.99 Å². The first-order valence-electron chi connectivity index (χ1n) is 6.87. The summed E-state index contributed by atoms with van der Waals surface area (Å²) in [6, 6.07) is 0.469. The molecular formula is C13H29N3O. The van der Waals surface area contributed by atoms with E-state index >= 15 is 0 Å². The molecule has 0 aliphatic carbocycles. The molecule has 0 aromatic carbocycles. The average molecular weight is 243 g/mol. The van der Waals surface area contributed by atoms with Crippen LogP contribution in [0.25, 0.3) is 0 Å². The van der Waals surface area contributed by atoms with Crippen molar-refractivity contribution in [3.63, 3.8) is 0 Å². The van der Waals surface area contributed by atoms with Crippen molar-refractivity contribution < 1.29 is 4.74 Å². The zero-order valence-electron chi connectivity index (χ0n) is 11.9. The Bertz CT molecular complexity index is 195. The molecule has 0 heterocycles.